The number of halogens is 3. The predicted octanol–water partition coefficient (Wildman–Crippen LogP) is 6.76. The molecule has 0 spiro atoms. The van der Waals surface area contributed by atoms with Crippen LogP contribution in [0.25, 0.3) is 22.3 Å². The minimum Gasteiger partial charge on any atom is -0.481 e. The minimum absolute atomic E-state index is 0.00907. The normalized spacial score (nSPS) is 11.7. The van der Waals surface area contributed by atoms with Crippen LogP contribution in [0.15, 0.2) is 101 Å². The second-order valence-corrected chi connectivity index (χ2v) is 9.12. The van der Waals surface area contributed by atoms with Gasteiger partial charge in [-0.25, -0.2) is 4.98 Å². The summed E-state index contributed by atoms with van der Waals surface area (Å²) in [4.78, 5) is 29.1. The Morgan fingerprint density at radius 3 is 2.51 bits per heavy atom. The summed E-state index contributed by atoms with van der Waals surface area (Å²) in [5.41, 5.74) is 0.369. The highest BCUT2D eigenvalue weighted by atomic mass is 19.4. The largest absolute Gasteiger partial charge is 0.481 e. The zero-order chi connectivity index (χ0) is 29.1. The number of ether oxygens (including phenoxy) is 1. The number of nitro benzene ring substituents is 1. The molecule has 1 aromatic heterocycles. The van der Waals surface area contributed by atoms with E-state index < -0.39 is 22.2 Å². The zero-order valence-electron chi connectivity index (χ0n) is 21.5. The molecule has 0 fully saturated rings. The van der Waals surface area contributed by atoms with Gasteiger partial charge in [0.2, 0.25) is 5.75 Å². The maximum absolute atomic E-state index is 13.5. The Hall–Kier alpha value is -5.32. The number of alkyl halides is 3. The molecular formula is C30H21F3N4O4. The molecule has 0 atom stereocenters. The number of hydrogen-bond acceptors (Lipinski definition) is 6. The Morgan fingerprint density at radius 2 is 1.76 bits per heavy atom. The number of benzene rings is 4. The van der Waals surface area contributed by atoms with Crippen molar-refractivity contribution in [2.45, 2.75) is 19.7 Å². The summed E-state index contributed by atoms with van der Waals surface area (Å²) in [6, 6.07) is 22.4. The molecule has 0 saturated heterocycles. The summed E-state index contributed by atoms with van der Waals surface area (Å²) >= 11 is 0. The van der Waals surface area contributed by atoms with Gasteiger partial charge in [-0.15, -0.1) is 0 Å². The Labute approximate surface area is 231 Å². The van der Waals surface area contributed by atoms with E-state index in [0.717, 1.165) is 27.9 Å². The Kier molecular flexibility index (Phi) is 7.34. The van der Waals surface area contributed by atoms with Crippen LogP contribution in [0.2, 0.25) is 0 Å². The molecule has 206 valence electrons. The summed E-state index contributed by atoms with van der Waals surface area (Å²) in [5.74, 6) is -0.214. The molecule has 5 aromatic rings. The quantitative estimate of drug-likeness (QED) is 0.125. The SMILES string of the molecule is Cc1cccc(COc2c(C=Nn3c(-c4cccc(C(F)(F)F)c4)nc4ccccc4c3=O)cccc2[N+](=O)[O-])c1. The molecule has 4 aromatic carbocycles. The van der Waals surface area contributed by atoms with E-state index in [9.17, 15) is 28.1 Å². The summed E-state index contributed by atoms with van der Waals surface area (Å²) < 4.78 is 47.1. The maximum Gasteiger partial charge on any atom is 0.416 e. The molecule has 5 rings (SSSR count). The number of nitro groups is 1. The van der Waals surface area contributed by atoms with Crippen LogP contribution in [0.5, 0.6) is 5.75 Å². The lowest BCUT2D eigenvalue weighted by Gasteiger charge is -2.13. The van der Waals surface area contributed by atoms with Gasteiger partial charge in [0.25, 0.3) is 5.56 Å². The van der Waals surface area contributed by atoms with E-state index in [1.807, 2.05) is 31.2 Å². The molecule has 0 saturated carbocycles. The first-order chi connectivity index (χ1) is 19.6. The fraction of sp³-hybridized carbons (Fsp3) is 0.100. The fourth-order valence-corrected chi connectivity index (χ4v) is 4.27. The van der Waals surface area contributed by atoms with Crippen LogP contribution in [-0.2, 0) is 12.8 Å². The van der Waals surface area contributed by atoms with Gasteiger partial charge in [0.1, 0.15) is 6.61 Å². The van der Waals surface area contributed by atoms with Gasteiger partial charge in [-0.05, 0) is 42.8 Å². The summed E-state index contributed by atoms with van der Waals surface area (Å²) in [6.07, 6.45) is -3.43. The maximum atomic E-state index is 13.5. The molecule has 0 N–H and O–H groups in total. The van der Waals surface area contributed by atoms with Crippen molar-refractivity contribution >= 4 is 22.8 Å². The summed E-state index contributed by atoms with van der Waals surface area (Å²) in [6.45, 7) is 1.93. The van der Waals surface area contributed by atoms with Gasteiger partial charge < -0.3 is 4.74 Å². The van der Waals surface area contributed by atoms with Gasteiger partial charge in [0, 0.05) is 17.2 Å². The first kappa shape index (κ1) is 27.3. The van der Waals surface area contributed by atoms with Crippen molar-refractivity contribution in [1.29, 1.82) is 0 Å². The van der Waals surface area contributed by atoms with Crippen LogP contribution in [0.3, 0.4) is 0 Å². The number of hydrogen-bond donors (Lipinski definition) is 0. The highest BCUT2D eigenvalue weighted by Gasteiger charge is 2.31. The molecule has 1 heterocycles. The summed E-state index contributed by atoms with van der Waals surface area (Å²) in [7, 11) is 0. The first-order valence-corrected chi connectivity index (χ1v) is 12.3. The van der Waals surface area contributed by atoms with Crippen molar-refractivity contribution in [2.75, 3.05) is 0 Å². The minimum atomic E-state index is -4.62. The van der Waals surface area contributed by atoms with Crippen LogP contribution in [0.4, 0.5) is 18.9 Å². The molecule has 0 aliphatic heterocycles. The number of aryl methyl sites for hydroxylation is 1. The van der Waals surface area contributed by atoms with Gasteiger partial charge in [0.15, 0.2) is 5.82 Å². The molecule has 0 aliphatic rings. The zero-order valence-corrected chi connectivity index (χ0v) is 21.5. The molecule has 41 heavy (non-hydrogen) atoms. The highest BCUT2D eigenvalue weighted by molar-refractivity contribution is 5.86. The lowest BCUT2D eigenvalue weighted by Crippen LogP contribution is -2.20. The monoisotopic (exact) mass is 558 g/mol. The first-order valence-electron chi connectivity index (χ1n) is 12.3. The van der Waals surface area contributed by atoms with E-state index in [4.69, 9.17) is 4.74 Å². The molecule has 0 unspecified atom stereocenters. The molecule has 0 amide bonds. The number of nitrogens with zero attached hydrogens (tertiary/aromatic N) is 4. The van der Waals surface area contributed by atoms with Crippen LogP contribution >= 0.6 is 0 Å². The standard InChI is InChI=1S/C30H21F3N4O4/c1-19-7-4-8-20(15-19)18-41-27-22(10-6-14-26(27)37(39)40)17-34-36-28(21-9-5-11-23(16-21)30(31,32)33)35-25-13-3-2-12-24(25)29(36)38/h2-17H,18H2,1H3. The van der Waals surface area contributed by atoms with Gasteiger partial charge in [0.05, 0.1) is 27.6 Å². The van der Waals surface area contributed by atoms with Crippen molar-refractivity contribution < 1.29 is 22.8 Å². The lowest BCUT2D eigenvalue weighted by molar-refractivity contribution is -0.385. The van der Waals surface area contributed by atoms with E-state index >= 15 is 0 Å². The van der Waals surface area contributed by atoms with Crippen molar-refractivity contribution in [3.05, 3.63) is 134 Å². The third kappa shape index (κ3) is 5.83. The van der Waals surface area contributed by atoms with Gasteiger partial charge in [-0.3, -0.25) is 14.9 Å². The Morgan fingerprint density at radius 1 is 1.00 bits per heavy atom. The molecule has 11 heteroatoms. The number of rotatable bonds is 7. The smallest absolute Gasteiger partial charge is 0.416 e. The highest BCUT2D eigenvalue weighted by Crippen LogP contribution is 2.33. The van der Waals surface area contributed by atoms with Crippen molar-refractivity contribution in [2.24, 2.45) is 5.10 Å². The van der Waals surface area contributed by atoms with Gasteiger partial charge in [-0.2, -0.15) is 22.9 Å². The number of aromatic nitrogens is 2. The van der Waals surface area contributed by atoms with Gasteiger partial charge >= 0.3 is 11.9 Å². The van der Waals surface area contributed by atoms with Crippen LogP contribution < -0.4 is 10.3 Å². The third-order valence-corrected chi connectivity index (χ3v) is 6.20. The average Bonchev–Trinajstić information content (AvgIpc) is 2.95. The van der Waals surface area contributed by atoms with E-state index in [0.29, 0.717) is 0 Å². The van der Waals surface area contributed by atoms with Crippen LogP contribution in [0.1, 0.15) is 22.3 Å². The Balaban J connectivity index is 1.64. The molecular weight excluding hydrogens is 537 g/mol. The third-order valence-electron chi connectivity index (χ3n) is 6.20. The van der Waals surface area contributed by atoms with E-state index in [1.165, 1.54) is 42.6 Å². The van der Waals surface area contributed by atoms with Gasteiger partial charge in [-0.1, -0.05) is 60.2 Å². The van der Waals surface area contributed by atoms with Crippen LogP contribution in [-0.4, -0.2) is 20.8 Å². The second-order valence-electron chi connectivity index (χ2n) is 9.12. The average molecular weight is 559 g/mol. The van der Waals surface area contributed by atoms with E-state index in [2.05, 4.69) is 10.1 Å². The molecule has 0 aliphatic carbocycles. The molecule has 8 nitrogen and oxygen atoms in total. The van der Waals surface area contributed by atoms with Crippen molar-refractivity contribution in [1.82, 2.24) is 9.66 Å². The van der Waals surface area contributed by atoms with Crippen molar-refractivity contribution in [3.8, 4) is 17.1 Å². The second kappa shape index (κ2) is 11.0. The fourth-order valence-electron chi connectivity index (χ4n) is 4.27. The topological polar surface area (TPSA) is 99.6 Å². The molecule has 0 radical (unpaired) electrons. The van der Waals surface area contributed by atoms with Crippen LogP contribution in [0, 0.1) is 17.0 Å². The summed E-state index contributed by atoms with van der Waals surface area (Å²) in [5, 5.41) is 16.2. The Bertz CT molecular complexity index is 1870. The van der Waals surface area contributed by atoms with E-state index in [1.54, 1.807) is 18.2 Å². The van der Waals surface area contributed by atoms with Crippen molar-refractivity contribution in [3.63, 3.8) is 0 Å². The lowest BCUT2D eigenvalue weighted by atomic mass is 10.1. The molecule has 0 bridgehead atoms. The number of fused-ring (bicyclic) bond motifs is 1. The number of para-hydroxylation sites is 2. The predicted molar refractivity (Wildman–Crippen MR) is 148 cm³/mol. The van der Waals surface area contributed by atoms with E-state index in [-0.39, 0.29) is 45.9 Å².